The number of aromatic amines is 1. The number of anilines is 1. The van der Waals surface area contributed by atoms with Crippen LogP contribution in [0.15, 0.2) is 56.8 Å². The number of sulfonamides is 1. The molecule has 8 heteroatoms. The molecule has 0 radical (unpaired) electrons. The number of hydrogen-bond donors (Lipinski definition) is 1. The molecular weight excluding hydrogens is 394 g/mol. The first-order valence-electron chi connectivity index (χ1n) is 9.38. The van der Waals surface area contributed by atoms with Gasteiger partial charge >= 0.3 is 0 Å². The number of nitrogens with one attached hydrogen (secondary N) is 1. The van der Waals surface area contributed by atoms with E-state index in [1.807, 2.05) is 24.3 Å². The summed E-state index contributed by atoms with van der Waals surface area (Å²) < 4.78 is 27.4. The SMILES string of the molecule is O=c1cc(N2CCC3(CC2)CN(S(=O)(=O)c2cccs2)C3)c2ccccc2[nH]1. The third kappa shape index (κ3) is 2.87. The molecule has 28 heavy (non-hydrogen) atoms. The number of pyridine rings is 1. The van der Waals surface area contributed by atoms with Crippen LogP contribution >= 0.6 is 11.3 Å². The number of fused-ring (bicyclic) bond motifs is 1. The standard InChI is InChI=1S/C20H21N3O3S2/c24-18-12-17(15-4-1-2-5-16(15)21-18)22-9-7-20(8-10-22)13-23(14-20)28(25,26)19-6-3-11-27-19/h1-6,11-12H,7-10,13-14H2,(H,21,24). The van der Waals surface area contributed by atoms with E-state index >= 15 is 0 Å². The molecule has 2 saturated heterocycles. The Morgan fingerprint density at radius 1 is 1.04 bits per heavy atom. The largest absolute Gasteiger partial charge is 0.371 e. The third-order valence-corrected chi connectivity index (χ3v) is 9.17. The zero-order valence-electron chi connectivity index (χ0n) is 15.3. The highest BCUT2D eigenvalue weighted by Crippen LogP contribution is 2.44. The van der Waals surface area contributed by atoms with E-state index in [0.29, 0.717) is 17.3 Å². The first-order valence-corrected chi connectivity index (χ1v) is 11.7. The molecule has 2 fully saturated rings. The molecule has 1 spiro atoms. The normalized spacial score (nSPS) is 19.8. The van der Waals surface area contributed by atoms with Crippen molar-refractivity contribution in [2.45, 2.75) is 17.1 Å². The second-order valence-corrected chi connectivity index (χ2v) is 10.9. The fourth-order valence-corrected chi connectivity index (χ4v) is 7.21. The molecule has 0 amide bonds. The van der Waals surface area contributed by atoms with Crippen LogP contribution in [0, 0.1) is 5.41 Å². The van der Waals surface area contributed by atoms with Crippen LogP contribution in [-0.2, 0) is 10.0 Å². The first-order chi connectivity index (χ1) is 13.5. The molecule has 1 N–H and O–H groups in total. The van der Waals surface area contributed by atoms with E-state index in [-0.39, 0.29) is 11.0 Å². The number of para-hydroxylation sites is 1. The van der Waals surface area contributed by atoms with Crippen molar-refractivity contribution in [2.75, 3.05) is 31.1 Å². The fraction of sp³-hybridized carbons (Fsp3) is 0.350. The Labute approximate surface area is 167 Å². The molecular formula is C20H21N3O3S2. The Morgan fingerprint density at radius 2 is 1.79 bits per heavy atom. The van der Waals surface area contributed by atoms with Crippen molar-refractivity contribution in [1.29, 1.82) is 0 Å². The molecule has 6 nitrogen and oxygen atoms in total. The number of thiophene rings is 1. The molecule has 2 aliphatic heterocycles. The number of H-pyrrole nitrogens is 1. The number of aromatic nitrogens is 1. The highest BCUT2D eigenvalue weighted by Gasteiger charge is 2.49. The average Bonchev–Trinajstić information content (AvgIpc) is 3.21. The van der Waals surface area contributed by atoms with Crippen molar-refractivity contribution < 1.29 is 8.42 Å². The predicted molar refractivity (Wildman–Crippen MR) is 112 cm³/mol. The van der Waals surface area contributed by atoms with Gasteiger partial charge in [0, 0.05) is 43.0 Å². The maximum Gasteiger partial charge on any atom is 0.252 e. The van der Waals surface area contributed by atoms with E-state index < -0.39 is 10.0 Å². The number of piperidine rings is 1. The van der Waals surface area contributed by atoms with Crippen LogP contribution in [0.5, 0.6) is 0 Å². The summed E-state index contributed by atoms with van der Waals surface area (Å²) in [5.74, 6) is 0. The summed E-state index contributed by atoms with van der Waals surface area (Å²) in [5, 5.41) is 2.85. The summed E-state index contributed by atoms with van der Waals surface area (Å²) >= 11 is 1.27. The van der Waals surface area contributed by atoms with Gasteiger partial charge in [-0.05, 0) is 30.4 Å². The summed E-state index contributed by atoms with van der Waals surface area (Å²) in [4.78, 5) is 17.2. The Kier molecular flexibility index (Phi) is 4.12. The molecule has 0 saturated carbocycles. The van der Waals surface area contributed by atoms with Gasteiger partial charge in [-0.2, -0.15) is 4.31 Å². The van der Waals surface area contributed by atoms with E-state index in [4.69, 9.17) is 0 Å². The smallest absolute Gasteiger partial charge is 0.252 e. The maximum atomic E-state index is 12.7. The summed E-state index contributed by atoms with van der Waals surface area (Å²) in [6.45, 7) is 2.86. The Balaban J connectivity index is 1.32. The Bertz CT molecular complexity index is 1170. The van der Waals surface area contributed by atoms with Gasteiger partial charge in [0.05, 0.1) is 11.2 Å². The molecule has 5 rings (SSSR count). The highest BCUT2D eigenvalue weighted by atomic mass is 32.2. The van der Waals surface area contributed by atoms with Gasteiger partial charge in [0.25, 0.3) is 10.0 Å². The van der Waals surface area contributed by atoms with Crippen molar-refractivity contribution in [1.82, 2.24) is 9.29 Å². The van der Waals surface area contributed by atoms with Gasteiger partial charge in [-0.15, -0.1) is 11.3 Å². The van der Waals surface area contributed by atoms with Crippen LogP contribution in [0.2, 0.25) is 0 Å². The van der Waals surface area contributed by atoms with Crippen LogP contribution < -0.4 is 10.5 Å². The van der Waals surface area contributed by atoms with Crippen molar-refractivity contribution in [3.63, 3.8) is 0 Å². The minimum absolute atomic E-state index is 0.0673. The average molecular weight is 416 g/mol. The molecule has 0 unspecified atom stereocenters. The van der Waals surface area contributed by atoms with Crippen LogP contribution in [0.3, 0.4) is 0 Å². The van der Waals surface area contributed by atoms with Crippen LogP contribution in [-0.4, -0.2) is 43.9 Å². The van der Waals surface area contributed by atoms with Crippen LogP contribution in [0.25, 0.3) is 10.9 Å². The number of hydrogen-bond acceptors (Lipinski definition) is 5. The van der Waals surface area contributed by atoms with Gasteiger partial charge in [-0.3, -0.25) is 4.79 Å². The minimum atomic E-state index is -3.34. The summed E-state index contributed by atoms with van der Waals surface area (Å²) in [5.41, 5.74) is 1.79. The summed E-state index contributed by atoms with van der Waals surface area (Å²) in [7, 11) is -3.34. The number of rotatable bonds is 3. The lowest BCUT2D eigenvalue weighted by Gasteiger charge is -2.53. The highest BCUT2D eigenvalue weighted by molar-refractivity contribution is 7.91. The monoisotopic (exact) mass is 415 g/mol. The topological polar surface area (TPSA) is 73.5 Å². The second-order valence-electron chi connectivity index (χ2n) is 7.76. The Hall–Kier alpha value is -2.16. The summed E-state index contributed by atoms with van der Waals surface area (Å²) in [6, 6.07) is 13.0. The zero-order valence-corrected chi connectivity index (χ0v) is 16.9. The molecule has 0 atom stereocenters. The van der Waals surface area contributed by atoms with Gasteiger partial charge in [0.2, 0.25) is 5.56 Å². The van der Waals surface area contributed by atoms with Crippen LogP contribution in [0.4, 0.5) is 5.69 Å². The third-order valence-electron chi connectivity index (χ3n) is 6.01. The van der Waals surface area contributed by atoms with E-state index in [1.54, 1.807) is 27.9 Å². The summed E-state index contributed by atoms with van der Waals surface area (Å²) in [6.07, 6.45) is 1.87. The number of nitrogens with zero attached hydrogens (tertiary/aromatic N) is 2. The van der Waals surface area contributed by atoms with Gasteiger partial charge in [-0.25, -0.2) is 8.42 Å². The van der Waals surface area contributed by atoms with Crippen molar-refractivity contribution in [3.05, 3.63) is 58.2 Å². The van der Waals surface area contributed by atoms with E-state index in [1.165, 1.54) is 11.3 Å². The quantitative estimate of drug-likeness (QED) is 0.714. The van der Waals surface area contributed by atoms with Crippen LogP contribution in [0.1, 0.15) is 12.8 Å². The van der Waals surface area contributed by atoms with Gasteiger partial charge in [0.15, 0.2) is 0 Å². The molecule has 146 valence electrons. The first kappa shape index (κ1) is 17.9. The van der Waals surface area contributed by atoms with Crippen molar-refractivity contribution in [3.8, 4) is 0 Å². The number of benzene rings is 1. The molecule has 2 aliphatic rings. The maximum absolute atomic E-state index is 12.7. The van der Waals surface area contributed by atoms with E-state index in [9.17, 15) is 13.2 Å². The Morgan fingerprint density at radius 3 is 2.50 bits per heavy atom. The second kappa shape index (κ2) is 6.43. The molecule has 0 bridgehead atoms. The molecule has 4 heterocycles. The lowest BCUT2D eigenvalue weighted by atomic mass is 9.73. The van der Waals surface area contributed by atoms with Gasteiger partial charge in [0.1, 0.15) is 4.21 Å². The molecule has 2 aromatic heterocycles. The van der Waals surface area contributed by atoms with E-state index in [2.05, 4.69) is 9.88 Å². The molecule has 1 aromatic carbocycles. The van der Waals surface area contributed by atoms with Gasteiger partial charge in [-0.1, -0.05) is 24.3 Å². The zero-order chi connectivity index (χ0) is 19.4. The minimum Gasteiger partial charge on any atom is -0.371 e. The van der Waals surface area contributed by atoms with Gasteiger partial charge < -0.3 is 9.88 Å². The molecule has 3 aromatic rings. The fourth-order valence-electron chi connectivity index (χ4n) is 4.40. The predicted octanol–water partition coefficient (Wildman–Crippen LogP) is 2.88. The molecule has 0 aliphatic carbocycles. The lowest BCUT2D eigenvalue weighted by molar-refractivity contribution is 0.0439. The van der Waals surface area contributed by atoms with E-state index in [0.717, 1.165) is 42.5 Å². The van der Waals surface area contributed by atoms with Crippen molar-refractivity contribution >= 4 is 38.0 Å². The van der Waals surface area contributed by atoms with Crippen molar-refractivity contribution in [2.24, 2.45) is 5.41 Å². The lowest BCUT2D eigenvalue weighted by Crippen LogP contribution is -2.61.